The van der Waals surface area contributed by atoms with Crippen LogP contribution in [0.25, 0.3) is 0 Å². The number of amides is 2. The fourth-order valence-electron chi connectivity index (χ4n) is 1.94. The molecule has 0 fully saturated rings. The van der Waals surface area contributed by atoms with Crippen molar-refractivity contribution in [1.82, 2.24) is 10.2 Å². The molecule has 132 valence electrons. The topological polar surface area (TPSA) is 67.9 Å². The average Bonchev–Trinajstić information content (AvgIpc) is 3.08. The number of rotatable bonds is 4. The molecule has 25 heavy (non-hydrogen) atoms. The lowest BCUT2D eigenvalue weighted by molar-refractivity contribution is -0.115. The average molecular weight is 346 g/mol. The Hall–Kier alpha value is -3.09. The predicted molar refractivity (Wildman–Crippen MR) is 89.9 cm³/mol. The normalized spacial score (nSPS) is 11.2. The Labute approximate surface area is 145 Å². The maximum atomic E-state index is 12.8. The van der Waals surface area contributed by atoms with E-state index in [1.807, 2.05) is 18.2 Å². The van der Waals surface area contributed by atoms with Crippen LogP contribution in [-0.4, -0.2) is 38.1 Å². The molecule has 0 atom stereocenters. The van der Waals surface area contributed by atoms with Gasteiger partial charge in [0.2, 0.25) is 13.2 Å². The van der Waals surface area contributed by atoms with E-state index >= 15 is 0 Å². The van der Waals surface area contributed by atoms with Crippen LogP contribution < -0.4 is 14.8 Å². The van der Waals surface area contributed by atoms with Gasteiger partial charge in [-0.15, -0.1) is 0 Å². The highest BCUT2D eigenvalue weighted by Gasteiger charge is 2.13. The second-order valence-electron chi connectivity index (χ2n) is 5.45. The van der Waals surface area contributed by atoms with Crippen molar-refractivity contribution >= 4 is 12.3 Å². The van der Waals surface area contributed by atoms with Gasteiger partial charge in [-0.2, -0.15) is 0 Å². The van der Waals surface area contributed by atoms with Crippen molar-refractivity contribution in [1.29, 1.82) is 0 Å². The minimum Gasteiger partial charge on any atom is -0.454 e. The Balaban J connectivity index is 0.000000399. The summed E-state index contributed by atoms with van der Waals surface area (Å²) in [6.07, 6.45) is 0.750. The second kappa shape index (κ2) is 8.68. The molecule has 2 aromatic carbocycles. The Kier molecular flexibility index (Phi) is 6.33. The first kappa shape index (κ1) is 18.3. The number of hydrogen-bond donors (Lipinski definition) is 1. The van der Waals surface area contributed by atoms with Gasteiger partial charge in [0.25, 0.3) is 5.91 Å². The van der Waals surface area contributed by atoms with Gasteiger partial charge in [-0.3, -0.25) is 9.59 Å². The van der Waals surface area contributed by atoms with Crippen molar-refractivity contribution < 1.29 is 23.5 Å². The second-order valence-corrected chi connectivity index (χ2v) is 5.45. The fraction of sp³-hybridized carbons (Fsp3) is 0.222. The van der Waals surface area contributed by atoms with E-state index in [0.29, 0.717) is 23.6 Å². The molecule has 0 saturated heterocycles. The van der Waals surface area contributed by atoms with Crippen LogP contribution in [0.2, 0.25) is 0 Å². The van der Waals surface area contributed by atoms with Gasteiger partial charge in [0, 0.05) is 26.2 Å². The van der Waals surface area contributed by atoms with Crippen molar-refractivity contribution in [2.24, 2.45) is 0 Å². The molecule has 0 spiro atoms. The van der Waals surface area contributed by atoms with Crippen LogP contribution in [0.5, 0.6) is 11.5 Å². The Morgan fingerprint density at radius 3 is 2.44 bits per heavy atom. The van der Waals surface area contributed by atoms with E-state index in [0.717, 1.165) is 12.0 Å². The number of nitrogens with one attached hydrogen (secondary N) is 1. The SMILES string of the molecule is CN(C)C=O.O=C(NCc1ccc2c(c1)OCO2)c1ccc(F)cc1. The first-order valence-corrected chi connectivity index (χ1v) is 7.53. The van der Waals surface area contributed by atoms with Gasteiger partial charge in [0.15, 0.2) is 11.5 Å². The monoisotopic (exact) mass is 346 g/mol. The zero-order valence-corrected chi connectivity index (χ0v) is 14.0. The highest BCUT2D eigenvalue weighted by molar-refractivity contribution is 5.94. The van der Waals surface area contributed by atoms with E-state index in [1.54, 1.807) is 14.1 Å². The molecule has 0 unspecified atom stereocenters. The van der Waals surface area contributed by atoms with Gasteiger partial charge < -0.3 is 19.7 Å². The van der Waals surface area contributed by atoms with Crippen molar-refractivity contribution in [2.45, 2.75) is 6.54 Å². The van der Waals surface area contributed by atoms with Gasteiger partial charge in [-0.25, -0.2) is 4.39 Å². The van der Waals surface area contributed by atoms with Gasteiger partial charge in [0.05, 0.1) is 0 Å². The highest BCUT2D eigenvalue weighted by Crippen LogP contribution is 2.32. The van der Waals surface area contributed by atoms with E-state index in [2.05, 4.69) is 5.32 Å². The third-order valence-electron chi connectivity index (χ3n) is 3.21. The van der Waals surface area contributed by atoms with Crippen LogP contribution in [0.15, 0.2) is 42.5 Å². The summed E-state index contributed by atoms with van der Waals surface area (Å²) in [5, 5.41) is 2.77. The van der Waals surface area contributed by atoms with Gasteiger partial charge in [-0.1, -0.05) is 6.07 Å². The smallest absolute Gasteiger partial charge is 0.251 e. The first-order chi connectivity index (χ1) is 12.0. The fourth-order valence-corrected chi connectivity index (χ4v) is 1.94. The lowest BCUT2D eigenvalue weighted by Crippen LogP contribution is -2.22. The molecule has 0 radical (unpaired) electrons. The maximum Gasteiger partial charge on any atom is 0.251 e. The number of benzene rings is 2. The van der Waals surface area contributed by atoms with Crippen molar-refractivity contribution in [3.05, 3.63) is 59.4 Å². The summed E-state index contributed by atoms with van der Waals surface area (Å²) >= 11 is 0. The number of halogens is 1. The quantitative estimate of drug-likeness (QED) is 0.862. The van der Waals surface area contributed by atoms with Gasteiger partial charge in [-0.05, 0) is 42.0 Å². The van der Waals surface area contributed by atoms with E-state index in [1.165, 1.54) is 29.2 Å². The third-order valence-corrected chi connectivity index (χ3v) is 3.21. The van der Waals surface area contributed by atoms with Crippen LogP contribution in [0, 0.1) is 5.82 Å². The molecule has 1 heterocycles. The number of carbonyl (C=O) groups excluding carboxylic acids is 2. The lowest BCUT2D eigenvalue weighted by atomic mass is 10.1. The van der Waals surface area contributed by atoms with Gasteiger partial charge >= 0.3 is 0 Å². The van der Waals surface area contributed by atoms with E-state index < -0.39 is 0 Å². The molecular formula is C18H19FN2O4. The van der Waals surface area contributed by atoms with Crippen molar-refractivity contribution in [3.8, 4) is 11.5 Å². The summed E-state index contributed by atoms with van der Waals surface area (Å²) < 4.78 is 23.3. The first-order valence-electron chi connectivity index (χ1n) is 7.53. The molecule has 7 heteroatoms. The predicted octanol–water partition coefficient (Wildman–Crippen LogP) is 2.19. The van der Waals surface area contributed by atoms with Crippen molar-refractivity contribution in [3.63, 3.8) is 0 Å². The number of carbonyl (C=O) groups is 2. The molecule has 6 nitrogen and oxygen atoms in total. The van der Waals surface area contributed by atoms with Crippen molar-refractivity contribution in [2.75, 3.05) is 20.9 Å². The minimum absolute atomic E-state index is 0.223. The Bertz CT molecular complexity index is 732. The zero-order chi connectivity index (χ0) is 18.2. The number of hydrogen-bond acceptors (Lipinski definition) is 4. The molecule has 1 aliphatic heterocycles. The summed E-state index contributed by atoms with van der Waals surface area (Å²) in [4.78, 5) is 22.7. The summed E-state index contributed by atoms with van der Waals surface area (Å²) in [5.41, 5.74) is 1.33. The highest BCUT2D eigenvalue weighted by atomic mass is 19.1. The molecule has 2 aromatic rings. The Morgan fingerprint density at radius 2 is 1.80 bits per heavy atom. The molecule has 0 aromatic heterocycles. The molecule has 0 aliphatic carbocycles. The molecule has 0 bridgehead atoms. The van der Waals surface area contributed by atoms with Crippen LogP contribution in [0.1, 0.15) is 15.9 Å². The van der Waals surface area contributed by atoms with Crippen LogP contribution in [-0.2, 0) is 11.3 Å². The summed E-state index contributed by atoms with van der Waals surface area (Å²) in [7, 11) is 3.38. The Morgan fingerprint density at radius 1 is 1.16 bits per heavy atom. The molecule has 2 amide bonds. The number of ether oxygens (including phenoxy) is 2. The lowest BCUT2D eigenvalue weighted by Gasteiger charge is -2.06. The van der Waals surface area contributed by atoms with Crippen LogP contribution >= 0.6 is 0 Å². The third kappa shape index (κ3) is 5.49. The minimum atomic E-state index is -0.364. The number of nitrogens with zero attached hydrogens (tertiary/aromatic N) is 1. The maximum absolute atomic E-state index is 12.8. The largest absolute Gasteiger partial charge is 0.454 e. The summed E-state index contributed by atoms with van der Waals surface area (Å²) in [6.45, 7) is 0.591. The standard InChI is InChI=1S/C15H12FNO3.C3H7NO/c16-12-4-2-11(3-5-12)15(18)17-8-10-1-6-13-14(7-10)20-9-19-13;1-4(2)3-5/h1-7H,8-9H2,(H,17,18);3H,1-2H3. The number of fused-ring (bicyclic) bond motifs is 1. The summed E-state index contributed by atoms with van der Waals surface area (Å²) in [6, 6.07) is 10.9. The molecular weight excluding hydrogens is 327 g/mol. The molecule has 1 aliphatic rings. The van der Waals surface area contributed by atoms with Gasteiger partial charge in [0.1, 0.15) is 5.82 Å². The van der Waals surface area contributed by atoms with Crippen LogP contribution in [0.3, 0.4) is 0 Å². The molecule has 3 rings (SSSR count). The summed E-state index contributed by atoms with van der Waals surface area (Å²) in [5.74, 6) is 0.775. The zero-order valence-electron chi connectivity index (χ0n) is 14.0. The van der Waals surface area contributed by atoms with E-state index in [-0.39, 0.29) is 18.5 Å². The van der Waals surface area contributed by atoms with E-state index in [9.17, 15) is 14.0 Å². The molecule has 1 N–H and O–H groups in total. The van der Waals surface area contributed by atoms with Crippen LogP contribution in [0.4, 0.5) is 4.39 Å². The van der Waals surface area contributed by atoms with E-state index in [4.69, 9.17) is 9.47 Å². The molecule has 0 saturated carbocycles.